The number of esters is 1. The van der Waals surface area contributed by atoms with Gasteiger partial charge in [-0.05, 0) is 50.0 Å². The number of benzene rings is 2. The van der Waals surface area contributed by atoms with Crippen molar-refractivity contribution in [2.45, 2.75) is 39.5 Å². The third kappa shape index (κ3) is 5.75. The molecule has 1 N–H and O–H groups in total. The van der Waals surface area contributed by atoms with Gasteiger partial charge in [-0.25, -0.2) is 0 Å². The number of rotatable bonds is 9. The predicted molar refractivity (Wildman–Crippen MR) is 124 cm³/mol. The molecule has 1 heterocycles. The Morgan fingerprint density at radius 3 is 2.58 bits per heavy atom. The highest BCUT2D eigenvalue weighted by Gasteiger charge is 2.33. The van der Waals surface area contributed by atoms with Crippen LogP contribution in [0.3, 0.4) is 0 Å². The van der Waals surface area contributed by atoms with Gasteiger partial charge in [-0.15, -0.1) is 0 Å². The van der Waals surface area contributed by atoms with E-state index in [9.17, 15) is 9.59 Å². The number of nitrogens with one attached hydrogen (secondary N) is 1. The maximum atomic E-state index is 12.6. The van der Waals surface area contributed by atoms with Crippen LogP contribution in [0.5, 0.6) is 5.75 Å². The van der Waals surface area contributed by atoms with Crippen molar-refractivity contribution in [2.24, 2.45) is 5.92 Å². The minimum absolute atomic E-state index is 0.0517. The van der Waals surface area contributed by atoms with E-state index < -0.39 is 5.92 Å². The first-order valence-electron chi connectivity index (χ1n) is 11.1. The molecular formula is C26H32N2O3. The zero-order valence-corrected chi connectivity index (χ0v) is 18.6. The second kappa shape index (κ2) is 10.8. The fourth-order valence-electron chi connectivity index (χ4n) is 3.99. The van der Waals surface area contributed by atoms with Crippen LogP contribution in [0.25, 0.3) is 0 Å². The predicted octanol–water partition coefficient (Wildman–Crippen LogP) is 4.48. The van der Waals surface area contributed by atoms with Crippen molar-refractivity contribution < 1.29 is 14.3 Å². The smallest absolute Gasteiger partial charge is 0.318 e. The molecule has 0 saturated heterocycles. The van der Waals surface area contributed by atoms with Crippen molar-refractivity contribution in [3.8, 4) is 5.75 Å². The normalized spacial score (nSPS) is 17.8. The quantitative estimate of drug-likeness (QED) is 0.281. The highest BCUT2D eigenvalue weighted by Crippen LogP contribution is 2.40. The first-order valence-corrected chi connectivity index (χ1v) is 11.1. The van der Waals surface area contributed by atoms with Gasteiger partial charge in [-0.3, -0.25) is 9.59 Å². The van der Waals surface area contributed by atoms with E-state index in [1.54, 1.807) is 6.08 Å². The Morgan fingerprint density at radius 2 is 1.87 bits per heavy atom. The summed E-state index contributed by atoms with van der Waals surface area (Å²) in [5.74, 6) is -0.400. The molecule has 0 radical (unpaired) electrons. The van der Waals surface area contributed by atoms with Crippen molar-refractivity contribution in [1.82, 2.24) is 5.32 Å². The van der Waals surface area contributed by atoms with E-state index in [4.69, 9.17) is 4.74 Å². The van der Waals surface area contributed by atoms with Gasteiger partial charge in [0, 0.05) is 37.3 Å². The standard InChI is InChI=1S/C26H32N2O3/c1-4-28(5-2)21-13-14-22-19(3)23(26(30)31-24(22)18-21)15-16-25(29)27-17-9-12-20-10-7-6-8-11-20/h6-8,10-11,13-16,18-19,23H,4-5,9,12,17H2,1-3H3,(H,27,29). The first-order chi connectivity index (χ1) is 15.0. The van der Waals surface area contributed by atoms with Crippen molar-refractivity contribution in [1.29, 1.82) is 0 Å². The van der Waals surface area contributed by atoms with Gasteiger partial charge in [0.25, 0.3) is 0 Å². The van der Waals surface area contributed by atoms with E-state index in [0.29, 0.717) is 12.3 Å². The van der Waals surface area contributed by atoms with E-state index in [2.05, 4.69) is 42.3 Å². The van der Waals surface area contributed by atoms with Crippen LogP contribution >= 0.6 is 0 Å². The molecule has 31 heavy (non-hydrogen) atoms. The summed E-state index contributed by atoms with van der Waals surface area (Å²) >= 11 is 0. The average Bonchev–Trinajstić information content (AvgIpc) is 2.78. The Bertz CT molecular complexity index is 920. The zero-order chi connectivity index (χ0) is 22.2. The van der Waals surface area contributed by atoms with Crippen molar-refractivity contribution >= 4 is 17.6 Å². The van der Waals surface area contributed by atoms with Crippen LogP contribution in [0.15, 0.2) is 60.7 Å². The summed E-state index contributed by atoms with van der Waals surface area (Å²) in [6, 6.07) is 16.2. The molecule has 0 aromatic heterocycles. The molecule has 0 saturated carbocycles. The molecule has 2 aromatic rings. The Labute approximate surface area is 185 Å². The molecule has 5 nitrogen and oxygen atoms in total. The van der Waals surface area contributed by atoms with E-state index in [1.165, 1.54) is 11.6 Å². The fraction of sp³-hybridized carbons (Fsp3) is 0.385. The number of carbonyl (C=O) groups is 2. The molecule has 3 rings (SSSR count). The minimum atomic E-state index is -0.470. The van der Waals surface area contributed by atoms with Crippen LogP contribution in [0.4, 0.5) is 5.69 Å². The summed E-state index contributed by atoms with van der Waals surface area (Å²) in [7, 11) is 0. The Morgan fingerprint density at radius 1 is 1.13 bits per heavy atom. The molecule has 0 aliphatic carbocycles. The number of hydrogen-bond donors (Lipinski definition) is 1. The number of nitrogens with zero attached hydrogens (tertiary/aromatic N) is 1. The SMILES string of the molecule is CCN(CC)c1ccc2c(c1)OC(=O)C(C=CC(=O)NCCCc1ccccc1)C2C. The van der Waals surface area contributed by atoms with E-state index in [1.807, 2.05) is 37.3 Å². The molecule has 164 valence electrons. The molecular weight excluding hydrogens is 388 g/mol. The average molecular weight is 421 g/mol. The highest BCUT2D eigenvalue weighted by molar-refractivity contribution is 5.89. The highest BCUT2D eigenvalue weighted by atomic mass is 16.5. The monoisotopic (exact) mass is 420 g/mol. The molecule has 0 fully saturated rings. The molecule has 1 aliphatic rings. The van der Waals surface area contributed by atoms with Crippen LogP contribution in [0, 0.1) is 5.92 Å². The summed E-state index contributed by atoms with van der Waals surface area (Å²) in [4.78, 5) is 27.0. The van der Waals surface area contributed by atoms with Gasteiger partial charge in [0.05, 0.1) is 5.92 Å². The summed E-state index contributed by atoms with van der Waals surface area (Å²) < 4.78 is 5.63. The number of ether oxygens (including phenoxy) is 1. The maximum Gasteiger partial charge on any atom is 0.318 e. The number of hydrogen-bond acceptors (Lipinski definition) is 4. The summed E-state index contributed by atoms with van der Waals surface area (Å²) in [6.07, 6.45) is 4.91. The van der Waals surface area contributed by atoms with Crippen LogP contribution in [0.2, 0.25) is 0 Å². The van der Waals surface area contributed by atoms with E-state index >= 15 is 0 Å². The first kappa shape index (κ1) is 22.6. The van der Waals surface area contributed by atoms with Gasteiger partial charge in [0.15, 0.2) is 0 Å². The van der Waals surface area contributed by atoms with Gasteiger partial charge in [0.2, 0.25) is 5.91 Å². The number of anilines is 1. The lowest BCUT2D eigenvalue weighted by Gasteiger charge is -2.29. The molecule has 1 amide bonds. The van der Waals surface area contributed by atoms with Crippen LogP contribution in [-0.2, 0) is 16.0 Å². The zero-order valence-electron chi connectivity index (χ0n) is 18.6. The third-order valence-corrected chi connectivity index (χ3v) is 5.88. The number of fused-ring (bicyclic) bond motifs is 1. The molecule has 5 heteroatoms. The molecule has 2 atom stereocenters. The Kier molecular flexibility index (Phi) is 7.88. The fourth-order valence-corrected chi connectivity index (χ4v) is 3.99. The summed E-state index contributed by atoms with van der Waals surface area (Å²) in [5, 5.41) is 2.89. The molecule has 2 aromatic carbocycles. The van der Waals surface area contributed by atoms with Crippen molar-refractivity contribution in [3.05, 3.63) is 71.8 Å². The second-order valence-electron chi connectivity index (χ2n) is 7.87. The minimum Gasteiger partial charge on any atom is -0.426 e. The lowest BCUT2D eigenvalue weighted by molar-refractivity contribution is -0.139. The third-order valence-electron chi connectivity index (χ3n) is 5.88. The largest absolute Gasteiger partial charge is 0.426 e. The maximum absolute atomic E-state index is 12.6. The Balaban J connectivity index is 1.56. The number of amides is 1. The van der Waals surface area contributed by atoms with E-state index in [-0.39, 0.29) is 17.8 Å². The Hall–Kier alpha value is -3.08. The van der Waals surface area contributed by atoms with Crippen LogP contribution in [0.1, 0.15) is 44.2 Å². The lowest BCUT2D eigenvalue weighted by Crippen LogP contribution is -2.30. The van der Waals surface area contributed by atoms with Gasteiger partial charge < -0.3 is 15.0 Å². The number of aryl methyl sites for hydroxylation is 1. The van der Waals surface area contributed by atoms with Gasteiger partial charge >= 0.3 is 5.97 Å². The molecule has 1 aliphatic heterocycles. The topological polar surface area (TPSA) is 58.6 Å². The molecule has 2 unspecified atom stereocenters. The second-order valence-corrected chi connectivity index (χ2v) is 7.87. The van der Waals surface area contributed by atoms with Crippen molar-refractivity contribution in [3.63, 3.8) is 0 Å². The van der Waals surface area contributed by atoms with Gasteiger partial charge in [-0.1, -0.05) is 49.4 Å². The van der Waals surface area contributed by atoms with Gasteiger partial charge in [0.1, 0.15) is 5.75 Å². The number of carbonyl (C=O) groups excluding carboxylic acids is 2. The molecule has 0 spiro atoms. The van der Waals surface area contributed by atoms with Crippen LogP contribution in [-0.4, -0.2) is 31.5 Å². The summed E-state index contributed by atoms with van der Waals surface area (Å²) in [5.41, 5.74) is 3.30. The molecule has 0 bridgehead atoms. The van der Waals surface area contributed by atoms with Gasteiger partial charge in [-0.2, -0.15) is 0 Å². The van der Waals surface area contributed by atoms with Crippen molar-refractivity contribution in [2.75, 3.05) is 24.5 Å². The summed E-state index contributed by atoms with van der Waals surface area (Å²) in [6.45, 7) is 8.59. The van der Waals surface area contributed by atoms with E-state index in [0.717, 1.165) is 37.2 Å². The van der Waals surface area contributed by atoms with Crippen LogP contribution < -0.4 is 15.0 Å². The lowest BCUT2D eigenvalue weighted by atomic mass is 9.84.